The summed E-state index contributed by atoms with van der Waals surface area (Å²) in [6, 6.07) is 8.26. The standard InChI is InChI=1S/C11H12N2S2/c1-8-3-2-4-9(7-8)12-10-5-6-15-11(14)13-10/h2-4,7H,5-6H2,1H3,(H,12,13,14). The van der Waals surface area contributed by atoms with Crippen LogP contribution in [0.5, 0.6) is 0 Å². The van der Waals surface area contributed by atoms with E-state index in [1.54, 1.807) is 11.8 Å². The van der Waals surface area contributed by atoms with Crippen LogP contribution in [0.15, 0.2) is 29.3 Å². The molecule has 0 saturated heterocycles. The topological polar surface area (TPSA) is 24.4 Å². The third kappa shape index (κ3) is 3.04. The fourth-order valence-electron chi connectivity index (χ4n) is 1.41. The minimum Gasteiger partial charge on any atom is -0.344 e. The Bertz CT molecular complexity index is 413. The molecular weight excluding hydrogens is 224 g/mol. The van der Waals surface area contributed by atoms with E-state index in [0.29, 0.717) is 0 Å². The van der Waals surface area contributed by atoms with Crippen molar-refractivity contribution in [2.24, 2.45) is 4.99 Å². The Morgan fingerprint density at radius 1 is 1.47 bits per heavy atom. The summed E-state index contributed by atoms with van der Waals surface area (Å²) in [6.45, 7) is 2.08. The Balaban J connectivity index is 2.11. The molecule has 1 N–H and O–H groups in total. The van der Waals surface area contributed by atoms with Gasteiger partial charge in [0.25, 0.3) is 0 Å². The number of benzene rings is 1. The first kappa shape index (κ1) is 10.6. The Hall–Kier alpha value is -0.870. The van der Waals surface area contributed by atoms with Gasteiger partial charge in [0.15, 0.2) is 4.32 Å². The molecule has 0 amide bonds. The van der Waals surface area contributed by atoms with Crippen LogP contribution >= 0.6 is 24.0 Å². The molecule has 1 aliphatic rings. The maximum absolute atomic E-state index is 5.06. The fourth-order valence-corrected chi connectivity index (χ4v) is 2.42. The first-order valence-electron chi connectivity index (χ1n) is 4.82. The van der Waals surface area contributed by atoms with Gasteiger partial charge in [0.1, 0.15) is 5.84 Å². The monoisotopic (exact) mass is 236 g/mol. The second-order valence-electron chi connectivity index (χ2n) is 3.42. The minimum absolute atomic E-state index is 0.733. The van der Waals surface area contributed by atoms with Crippen LogP contribution in [0.1, 0.15) is 12.0 Å². The molecule has 0 saturated carbocycles. The van der Waals surface area contributed by atoms with Crippen molar-refractivity contribution in [3.05, 3.63) is 29.8 Å². The predicted molar refractivity (Wildman–Crippen MR) is 71.9 cm³/mol. The van der Waals surface area contributed by atoms with Crippen LogP contribution in [0.2, 0.25) is 0 Å². The highest BCUT2D eigenvalue weighted by molar-refractivity contribution is 8.23. The molecule has 0 atom stereocenters. The summed E-state index contributed by atoms with van der Waals surface area (Å²) in [5, 5.41) is 3.30. The second kappa shape index (κ2) is 4.77. The molecule has 1 heterocycles. The Morgan fingerprint density at radius 2 is 2.33 bits per heavy atom. The number of aryl methyl sites for hydroxylation is 1. The van der Waals surface area contributed by atoms with Crippen LogP contribution in [0, 0.1) is 6.92 Å². The zero-order valence-corrected chi connectivity index (χ0v) is 10.1. The van der Waals surface area contributed by atoms with Crippen LogP contribution in [0.4, 0.5) is 5.69 Å². The van der Waals surface area contributed by atoms with Crippen molar-refractivity contribution in [3.63, 3.8) is 0 Å². The highest BCUT2D eigenvalue weighted by atomic mass is 32.2. The number of hydrogen-bond donors (Lipinski definition) is 1. The number of thiocarbonyl (C=S) groups is 1. The lowest BCUT2D eigenvalue weighted by atomic mass is 10.2. The summed E-state index contributed by atoms with van der Waals surface area (Å²) in [4.78, 5) is 4.31. The normalized spacial score (nSPS) is 16.1. The van der Waals surface area contributed by atoms with Gasteiger partial charge in [0.2, 0.25) is 0 Å². The van der Waals surface area contributed by atoms with E-state index in [-0.39, 0.29) is 0 Å². The number of nitrogens with zero attached hydrogens (tertiary/aromatic N) is 1. The molecular formula is C11H12N2S2. The smallest absolute Gasteiger partial charge is 0.161 e. The highest BCUT2D eigenvalue weighted by Gasteiger charge is 2.09. The summed E-state index contributed by atoms with van der Waals surface area (Å²) < 4.78 is 0.733. The van der Waals surface area contributed by atoms with Crippen LogP contribution in [-0.2, 0) is 0 Å². The number of rotatable bonds is 1. The van der Waals surface area contributed by atoms with Crippen molar-refractivity contribution in [2.45, 2.75) is 13.3 Å². The summed E-state index contributed by atoms with van der Waals surface area (Å²) in [6.07, 6.45) is 0.957. The molecule has 1 aromatic carbocycles. The van der Waals surface area contributed by atoms with Gasteiger partial charge in [-0.2, -0.15) is 0 Å². The van der Waals surface area contributed by atoms with Crippen LogP contribution in [0.25, 0.3) is 0 Å². The van der Waals surface area contributed by atoms with Crippen LogP contribution in [0.3, 0.4) is 0 Å². The molecule has 78 valence electrons. The first-order chi connectivity index (χ1) is 7.24. The average Bonchev–Trinajstić information content (AvgIpc) is 2.17. The van der Waals surface area contributed by atoms with E-state index >= 15 is 0 Å². The van der Waals surface area contributed by atoms with E-state index in [1.807, 2.05) is 12.1 Å². The zero-order valence-electron chi connectivity index (χ0n) is 8.49. The number of thioether (sulfide) groups is 1. The molecule has 0 aromatic heterocycles. The predicted octanol–water partition coefficient (Wildman–Crippen LogP) is 3.23. The summed E-state index contributed by atoms with van der Waals surface area (Å²) in [5.41, 5.74) is 2.33. The molecule has 1 aliphatic heterocycles. The third-order valence-electron chi connectivity index (χ3n) is 2.10. The number of anilines is 1. The minimum atomic E-state index is 0.733. The number of hydrogen-bond acceptors (Lipinski definition) is 3. The van der Waals surface area contributed by atoms with Crippen molar-refractivity contribution < 1.29 is 0 Å². The highest BCUT2D eigenvalue weighted by Crippen LogP contribution is 2.17. The molecule has 0 bridgehead atoms. The summed E-state index contributed by atoms with van der Waals surface area (Å²) in [7, 11) is 0. The van der Waals surface area contributed by atoms with E-state index in [4.69, 9.17) is 12.2 Å². The number of amidine groups is 1. The van der Waals surface area contributed by atoms with E-state index < -0.39 is 0 Å². The van der Waals surface area contributed by atoms with Crippen molar-refractivity contribution in [2.75, 3.05) is 11.1 Å². The third-order valence-corrected chi connectivity index (χ3v) is 3.29. The van der Waals surface area contributed by atoms with Crippen molar-refractivity contribution in [3.8, 4) is 0 Å². The molecule has 2 rings (SSSR count). The van der Waals surface area contributed by atoms with Gasteiger partial charge in [0, 0.05) is 17.9 Å². The lowest BCUT2D eigenvalue weighted by molar-refractivity contribution is 1.28. The van der Waals surface area contributed by atoms with E-state index in [1.165, 1.54) is 5.56 Å². The largest absolute Gasteiger partial charge is 0.344 e. The molecule has 1 aromatic rings. The number of nitrogens with one attached hydrogen (secondary N) is 1. The van der Waals surface area contributed by atoms with Gasteiger partial charge >= 0.3 is 0 Å². The van der Waals surface area contributed by atoms with Gasteiger partial charge in [-0.25, -0.2) is 4.99 Å². The molecule has 0 radical (unpaired) electrons. The van der Waals surface area contributed by atoms with Gasteiger partial charge < -0.3 is 5.32 Å². The zero-order chi connectivity index (χ0) is 10.7. The SMILES string of the molecule is Cc1cccc(NC2=NC(=S)SCC2)c1. The van der Waals surface area contributed by atoms with Crippen molar-refractivity contribution in [1.82, 2.24) is 0 Å². The van der Waals surface area contributed by atoms with E-state index in [9.17, 15) is 0 Å². The van der Waals surface area contributed by atoms with Gasteiger partial charge in [0.05, 0.1) is 0 Å². The molecule has 0 spiro atoms. The van der Waals surface area contributed by atoms with E-state index in [0.717, 1.165) is 28.0 Å². The van der Waals surface area contributed by atoms with E-state index in [2.05, 4.69) is 29.4 Å². The molecule has 4 heteroatoms. The molecule has 2 nitrogen and oxygen atoms in total. The molecule has 0 aliphatic carbocycles. The van der Waals surface area contributed by atoms with Crippen LogP contribution in [-0.4, -0.2) is 15.9 Å². The fraction of sp³-hybridized carbons (Fsp3) is 0.273. The van der Waals surface area contributed by atoms with Gasteiger partial charge in [-0.3, -0.25) is 0 Å². The molecule has 0 fully saturated rings. The Morgan fingerprint density at radius 3 is 3.07 bits per heavy atom. The van der Waals surface area contributed by atoms with Crippen molar-refractivity contribution >= 4 is 39.8 Å². The number of aliphatic imine (C=N–C) groups is 1. The Kier molecular flexibility index (Phi) is 3.38. The quantitative estimate of drug-likeness (QED) is 0.758. The maximum Gasteiger partial charge on any atom is 0.161 e. The lowest BCUT2D eigenvalue weighted by Crippen LogP contribution is -2.17. The van der Waals surface area contributed by atoms with Gasteiger partial charge in [-0.05, 0) is 24.6 Å². The lowest BCUT2D eigenvalue weighted by Gasteiger charge is -2.14. The average molecular weight is 236 g/mol. The second-order valence-corrected chi connectivity index (χ2v) is 5.15. The first-order valence-corrected chi connectivity index (χ1v) is 6.21. The summed E-state index contributed by atoms with van der Waals surface area (Å²) in [5.74, 6) is 2.00. The van der Waals surface area contributed by atoms with Gasteiger partial charge in [-0.15, -0.1) is 0 Å². The summed E-state index contributed by atoms with van der Waals surface area (Å²) >= 11 is 6.70. The Labute approximate surface area is 99.2 Å². The van der Waals surface area contributed by atoms with Crippen LogP contribution < -0.4 is 5.32 Å². The molecule has 0 unspecified atom stereocenters. The van der Waals surface area contributed by atoms with Crippen molar-refractivity contribution in [1.29, 1.82) is 0 Å². The maximum atomic E-state index is 5.06. The van der Waals surface area contributed by atoms with Gasteiger partial charge in [-0.1, -0.05) is 36.1 Å². The molecule has 15 heavy (non-hydrogen) atoms.